The molecule has 5 heteroatoms. The van der Waals surface area contributed by atoms with Gasteiger partial charge in [0.1, 0.15) is 5.75 Å². The Bertz CT molecular complexity index is 486. The zero-order chi connectivity index (χ0) is 13.8. The third-order valence-electron chi connectivity index (χ3n) is 3.11. The number of rotatable bonds is 3. The number of carbonyl (C=O) groups is 2. The summed E-state index contributed by atoms with van der Waals surface area (Å²) in [5.74, 6) is -0.0698. The molecule has 1 fully saturated rings. The molecule has 0 aliphatic carbocycles. The van der Waals surface area contributed by atoms with Crippen molar-refractivity contribution in [2.75, 3.05) is 20.2 Å². The van der Waals surface area contributed by atoms with Crippen LogP contribution in [0.3, 0.4) is 0 Å². The van der Waals surface area contributed by atoms with Gasteiger partial charge in [-0.1, -0.05) is 6.07 Å². The first-order valence-corrected chi connectivity index (χ1v) is 6.20. The van der Waals surface area contributed by atoms with Crippen molar-refractivity contribution in [1.82, 2.24) is 4.90 Å². The Labute approximate surface area is 112 Å². The van der Waals surface area contributed by atoms with Gasteiger partial charge in [0.05, 0.1) is 6.10 Å². The van der Waals surface area contributed by atoms with Crippen LogP contribution in [0.4, 0.5) is 0 Å². The SMILES string of the molecule is COC1CCN(C(=O)c2cccc(OC(C)=O)c2)C1. The molecule has 102 valence electrons. The summed E-state index contributed by atoms with van der Waals surface area (Å²) in [6, 6.07) is 6.66. The van der Waals surface area contributed by atoms with Crippen LogP contribution in [0, 0.1) is 0 Å². The van der Waals surface area contributed by atoms with Gasteiger partial charge >= 0.3 is 5.97 Å². The molecule has 1 atom stereocenters. The van der Waals surface area contributed by atoms with Gasteiger partial charge in [-0.25, -0.2) is 0 Å². The molecule has 2 rings (SSSR count). The van der Waals surface area contributed by atoms with Crippen LogP contribution in [-0.4, -0.2) is 43.1 Å². The lowest BCUT2D eigenvalue weighted by Gasteiger charge is -2.16. The van der Waals surface area contributed by atoms with Crippen molar-refractivity contribution in [1.29, 1.82) is 0 Å². The van der Waals surface area contributed by atoms with Gasteiger partial charge in [-0.3, -0.25) is 9.59 Å². The second-order valence-corrected chi connectivity index (χ2v) is 4.52. The first kappa shape index (κ1) is 13.5. The molecule has 0 N–H and O–H groups in total. The van der Waals surface area contributed by atoms with E-state index in [1.54, 1.807) is 36.3 Å². The molecular weight excluding hydrogens is 246 g/mol. The topological polar surface area (TPSA) is 55.8 Å². The Morgan fingerprint density at radius 1 is 1.37 bits per heavy atom. The zero-order valence-corrected chi connectivity index (χ0v) is 11.1. The van der Waals surface area contributed by atoms with E-state index in [9.17, 15) is 9.59 Å². The number of likely N-dealkylation sites (tertiary alicyclic amines) is 1. The molecule has 19 heavy (non-hydrogen) atoms. The Hall–Kier alpha value is -1.88. The number of ether oxygens (including phenoxy) is 2. The van der Waals surface area contributed by atoms with Crippen LogP contribution in [0.5, 0.6) is 5.75 Å². The maximum atomic E-state index is 12.3. The van der Waals surface area contributed by atoms with E-state index in [0.29, 0.717) is 24.4 Å². The molecule has 0 saturated carbocycles. The van der Waals surface area contributed by atoms with Crippen LogP contribution in [0.25, 0.3) is 0 Å². The van der Waals surface area contributed by atoms with Gasteiger partial charge in [0.15, 0.2) is 0 Å². The van der Waals surface area contributed by atoms with Gasteiger partial charge in [-0.2, -0.15) is 0 Å². The molecule has 1 aliphatic heterocycles. The largest absolute Gasteiger partial charge is 0.427 e. The highest BCUT2D eigenvalue weighted by Gasteiger charge is 2.26. The molecular formula is C14H17NO4. The van der Waals surface area contributed by atoms with Crippen LogP contribution in [-0.2, 0) is 9.53 Å². The predicted molar refractivity (Wildman–Crippen MR) is 69.1 cm³/mol. The van der Waals surface area contributed by atoms with Crippen LogP contribution in [0.1, 0.15) is 23.7 Å². The van der Waals surface area contributed by atoms with Crippen molar-refractivity contribution in [2.24, 2.45) is 0 Å². The minimum Gasteiger partial charge on any atom is -0.427 e. The molecule has 0 spiro atoms. The predicted octanol–water partition coefficient (Wildman–Crippen LogP) is 1.47. The molecule has 1 unspecified atom stereocenters. The summed E-state index contributed by atoms with van der Waals surface area (Å²) >= 11 is 0. The number of benzene rings is 1. The van der Waals surface area contributed by atoms with E-state index >= 15 is 0 Å². The molecule has 1 saturated heterocycles. The minimum absolute atomic E-state index is 0.0615. The Balaban J connectivity index is 2.09. The third-order valence-corrected chi connectivity index (χ3v) is 3.11. The van der Waals surface area contributed by atoms with Gasteiger partial charge in [0, 0.05) is 32.7 Å². The Morgan fingerprint density at radius 3 is 2.79 bits per heavy atom. The van der Waals surface area contributed by atoms with Crippen molar-refractivity contribution < 1.29 is 19.1 Å². The summed E-state index contributed by atoms with van der Waals surface area (Å²) < 4.78 is 10.2. The lowest BCUT2D eigenvalue weighted by Crippen LogP contribution is -2.29. The highest BCUT2D eigenvalue weighted by atomic mass is 16.5. The fraction of sp³-hybridized carbons (Fsp3) is 0.429. The summed E-state index contributed by atoms with van der Waals surface area (Å²) in [5.41, 5.74) is 0.524. The number of methoxy groups -OCH3 is 1. The highest BCUT2D eigenvalue weighted by Crippen LogP contribution is 2.19. The molecule has 1 aromatic rings. The van der Waals surface area contributed by atoms with Crippen LogP contribution >= 0.6 is 0 Å². The van der Waals surface area contributed by atoms with Crippen LogP contribution < -0.4 is 4.74 Å². The second kappa shape index (κ2) is 5.84. The number of nitrogens with zero attached hydrogens (tertiary/aromatic N) is 1. The molecule has 0 radical (unpaired) electrons. The summed E-state index contributed by atoms with van der Waals surface area (Å²) in [5, 5.41) is 0. The quantitative estimate of drug-likeness (QED) is 0.612. The van der Waals surface area contributed by atoms with Gasteiger partial charge in [-0.05, 0) is 24.6 Å². The normalized spacial score (nSPS) is 18.4. The first-order chi connectivity index (χ1) is 9.10. The molecule has 1 amide bonds. The lowest BCUT2D eigenvalue weighted by atomic mass is 10.2. The van der Waals surface area contributed by atoms with Crippen molar-refractivity contribution in [3.05, 3.63) is 29.8 Å². The second-order valence-electron chi connectivity index (χ2n) is 4.52. The minimum atomic E-state index is -0.398. The van der Waals surface area contributed by atoms with Gasteiger partial charge < -0.3 is 14.4 Å². The third kappa shape index (κ3) is 3.32. The van der Waals surface area contributed by atoms with Crippen molar-refractivity contribution in [2.45, 2.75) is 19.4 Å². The average molecular weight is 263 g/mol. The van der Waals surface area contributed by atoms with E-state index in [0.717, 1.165) is 6.42 Å². The van der Waals surface area contributed by atoms with E-state index in [1.807, 2.05) is 0 Å². The maximum Gasteiger partial charge on any atom is 0.308 e. The van der Waals surface area contributed by atoms with Crippen LogP contribution in [0.15, 0.2) is 24.3 Å². The lowest BCUT2D eigenvalue weighted by molar-refractivity contribution is -0.131. The monoisotopic (exact) mass is 263 g/mol. The van der Waals surface area contributed by atoms with Crippen molar-refractivity contribution >= 4 is 11.9 Å². The Morgan fingerprint density at radius 2 is 2.16 bits per heavy atom. The summed E-state index contributed by atoms with van der Waals surface area (Å²) in [4.78, 5) is 24.9. The summed E-state index contributed by atoms with van der Waals surface area (Å²) in [6.45, 7) is 2.63. The van der Waals surface area contributed by atoms with E-state index in [-0.39, 0.29) is 12.0 Å². The average Bonchev–Trinajstić information content (AvgIpc) is 2.86. The van der Waals surface area contributed by atoms with Gasteiger partial charge in [0.2, 0.25) is 0 Å². The summed E-state index contributed by atoms with van der Waals surface area (Å²) in [6.07, 6.45) is 0.965. The molecule has 5 nitrogen and oxygen atoms in total. The van der Waals surface area contributed by atoms with E-state index in [4.69, 9.17) is 9.47 Å². The number of hydrogen-bond donors (Lipinski definition) is 0. The number of esters is 1. The molecule has 1 aromatic carbocycles. The van der Waals surface area contributed by atoms with Gasteiger partial charge in [-0.15, -0.1) is 0 Å². The fourth-order valence-electron chi connectivity index (χ4n) is 2.15. The number of amides is 1. The molecule has 0 aromatic heterocycles. The molecule has 1 heterocycles. The van der Waals surface area contributed by atoms with E-state index < -0.39 is 5.97 Å². The first-order valence-electron chi connectivity index (χ1n) is 6.20. The van der Waals surface area contributed by atoms with Crippen LogP contribution in [0.2, 0.25) is 0 Å². The van der Waals surface area contributed by atoms with Crippen molar-refractivity contribution in [3.8, 4) is 5.75 Å². The smallest absolute Gasteiger partial charge is 0.308 e. The number of hydrogen-bond acceptors (Lipinski definition) is 4. The van der Waals surface area contributed by atoms with Crippen molar-refractivity contribution in [3.63, 3.8) is 0 Å². The van der Waals surface area contributed by atoms with E-state index in [1.165, 1.54) is 6.92 Å². The number of carbonyl (C=O) groups excluding carboxylic acids is 2. The fourth-order valence-corrected chi connectivity index (χ4v) is 2.15. The molecule has 1 aliphatic rings. The zero-order valence-electron chi connectivity index (χ0n) is 11.1. The maximum absolute atomic E-state index is 12.3. The molecule has 0 bridgehead atoms. The summed E-state index contributed by atoms with van der Waals surface area (Å²) in [7, 11) is 1.65. The highest BCUT2D eigenvalue weighted by molar-refractivity contribution is 5.95. The van der Waals surface area contributed by atoms with Gasteiger partial charge in [0.25, 0.3) is 5.91 Å². The standard InChI is InChI=1S/C14H17NO4/c1-10(16)19-12-5-3-4-11(8-12)14(17)15-7-6-13(9-15)18-2/h3-5,8,13H,6-7,9H2,1-2H3. The van der Waals surface area contributed by atoms with E-state index in [2.05, 4.69) is 0 Å². The Kier molecular flexibility index (Phi) is 4.16.